The first-order valence-electron chi connectivity index (χ1n) is 13.9. The minimum absolute atomic E-state index is 0.000988. The molecular weight excluding hydrogens is 525 g/mol. The van der Waals surface area contributed by atoms with E-state index in [0.29, 0.717) is 36.0 Å². The molecule has 8 nitrogen and oxygen atoms in total. The van der Waals surface area contributed by atoms with Crippen molar-refractivity contribution < 1.29 is 32.3 Å². The summed E-state index contributed by atoms with van der Waals surface area (Å²) in [6.45, 7) is 0.123. The number of rotatable bonds is 8. The zero-order chi connectivity index (χ0) is 27.6. The first-order valence-corrected chi connectivity index (χ1v) is 13.9. The van der Waals surface area contributed by atoms with Gasteiger partial charge in [0.2, 0.25) is 5.95 Å². The Bertz CT molecular complexity index is 1440. The van der Waals surface area contributed by atoms with Crippen LogP contribution in [0.2, 0.25) is 0 Å². The van der Waals surface area contributed by atoms with E-state index >= 15 is 0 Å². The molecule has 1 N–H and O–H groups in total. The molecule has 2 bridgehead atoms. The number of anilines is 1. The number of ether oxygens (including phenoxy) is 1. The number of hydrogen-bond acceptors (Lipinski definition) is 7. The number of aromatic carboxylic acids is 1. The van der Waals surface area contributed by atoms with E-state index in [0.717, 1.165) is 50.3 Å². The molecule has 0 spiro atoms. The summed E-state index contributed by atoms with van der Waals surface area (Å²) in [6.07, 6.45) is 2.50. The second-order valence-corrected chi connectivity index (χ2v) is 11.4. The van der Waals surface area contributed by atoms with E-state index in [1.165, 1.54) is 12.1 Å². The minimum Gasteiger partial charge on any atom is -0.477 e. The second-order valence-electron chi connectivity index (χ2n) is 11.4. The number of halogens is 3. The molecule has 2 aromatic heterocycles. The molecule has 2 aliphatic carbocycles. The molecule has 0 amide bonds. The molecule has 2 saturated carbocycles. The predicted octanol–water partition coefficient (Wildman–Crippen LogP) is 6.32. The topological polar surface area (TPSA) is 102 Å². The Kier molecular flexibility index (Phi) is 6.10. The summed E-state index contributed by atoms with van der Waals surface area (Å²) in [6, 6.07) is 7.25. The van der Waals surface area contributed by atoms with Gasteiger partial charge in [0, 0.05) is 40.7 Å². The lowest BCUT2D eigenvalue weighted by atomic mass is 9.98. The summed E-state index contributed by atoms with van der Waals surface area (Å²) in [4.78, 5) is 23.1. The number of carbonyl (C=O) groups is 1. The third kappa shape index (κ3) is 4.74. The molecule has 210 valence electrons. The summed E-state index contributed by atoms with van der Waals surface area (Å²) in [7, 11) is 0. The van der Waals surface area contributed by atoms with Crippen molar-refractivity contribution in [3.8, 4) is 11.3 Å². The predicted molar refractivity (Wildman–Crippen MR) is 137 cm³/mol. The molecule has 1 aromatic carbocycles. The van der Waals surface area contributed by atoms with Crippen LogP contribution < -0.4 is 4.90 Å². The SMILES string of the molecule is O=C(O)c1cc(C2CC2)nc(N2C3CC[C@H]2CC(OCc2c(-c4ccccc4C(F)(F)F)noc2C2CC2)C3)n1. The number of carboxylic acids is 1. The zero-order valence-corrected chi connectivity index (χ0v) is 21.7. The fourth-order valence-electron chi connectivity index (χ4n) is 6.33. The van der Waals surface area contributed by atoms with E-state index in [2.05, 4.69) is 15.0 Å². The van der Waals surface area contributed by atoms with Crippen molar-refractivity contribution in [2.75, 3.05) is 4.90 Å². The van der Waals surface area contributed by atoms with Crippen molar-refractivity contribution in [2.24, 2.45) is 0 Å². The van der Waals surface area contributed by atoms with Crippen molar-refractivity contribution in [1.82, 2.24) is 15.1 Å². The zero-order valence-electron chi connectivity index (χ0n) is 21.7. The van der Waals surface area contributed by atoms with E-state index in [4.69, 9.17) is 14.2 Å². The Morgan fingerprint density at radius 1 is 1.02 bits per heavy atom. The molecule has 2 unspecified atom stereocenters. The van der Waals surface area contributed by atoms with Gasteiger partial charge in [0.15, 0.2) is 5.69 Å². The molecule has 2 saturated heterocycles. The van der Waals surface area contributed by atoms with Crippen LogP contribution in [0.15, 0.2) is 34.9 Å². The molecule has 3 atom stereocenters. The lowest BCUT2D eigenvalue weighted by Crippen LogP contribution is -2.46. The Balaban J connectivity index is 1.11. The summed E-state index contributed by atoms with van der Waals surface area (Å²) < 4.78 is 53.4. The van der Waals surface area contributed by atoms with Crippen molar-refractivity contribution in [2.45, 2.75) is 94.2 Å². The van der Waals surface area contributed by atoms with Crippen LogP contribution in [-0.2, 0) is 17.5 Å². The smallest absolute Gasteiger partial charge is 0.417 e. The Morgan fingerprint density at radius 3 is 2.38 bits per heavy atom. The highest BCUT2D eigenvalue weighted by Gasteiger charge is 2.44. The maximum atomic E-state index is 13.8. The van der Waals surface area contributed by atoms with Gasteiger partial charge in [-0.25, -0.2) is 14.8 Å². The van der Waals surface area contributed by atoms with Gasteiger partial charge in [0.25, 0.3) is 0 Å². The van der Waals surface area contributed by atoms with Gasteiger partial charge in [-0.2, -0.15) is 13.2 Å². The van der Waals surface area contributed by atoms with Crippen LogP contribution >= 0.6 is 0 Å². The van der Waals surface area contributed by atoms with Crippen molar-refractivity contribution in [3.05, 3.63) is 58.6 Å². The summed E-state index contributed by atoms with van der Waals surface area (Å²) in [5, 5.41) is 13.7. The van der Waals surface area contributed by atoms with E-state index < -0.39 is 17.7 Å². The lowest BCUT2D eigenvalue weighted by molar-refractivity contribution is -0.137. The molecule has 4 heterocycles. The van der Waals surface area contributed by atoms with Gasteiger partial charge in [-0.3, -0.25) is 0 Å². The number of benzene rings is 1. The lowest BCUT2D eigenvalue weighted by Gasteiger charge is -2.39. The fourth-order valence-corrected chi connectivity index (χ4v) is 6.33. The van der Waals surface area contributed by atoms with E-state index in [-0.39, 0.29) is 47.7 Å². The first-order chi connectivity index (χ1) is 19.3. The quantitative estimate of drug-likeness (QED) is 0.345. The number of nitrogens with zero attached hydrogens (tertiary/aromatic N) is 4. The molecule has 11 heteroatoms. The second kappa shape index (κ2) is 9.57. The van der Waals surface area contributed by atoms with Crippen LogP contribution in [0.5, 0.6) is 0 Å². The summed E-state index contributed by atoms with van der Waals surface area (Å²) in [5.74, 6) is 0.515. The summed E-state index contributed by atoms with van der Waals surface area (Å²) in [5.41, 5.74) is 0.874. The van der Waals surface area contributed by atoms with E-state index in [1.807, 2.05) is 0 Å². The van der Waals surface area contributed by atoms with Gasteiger partial charge >= 0.3 is 12.1 Å². The Hall–Kier alpha value is -3.47. The highest BCUT2D eigenvalue weighted by atomic mass is 19.4. The van der Waals surface area contributed by atoms with Crippen LogP contribution in [-0.4, -0.2) is 44.4 Å². The van der Waals surface area contributed by atoms with Crippen LogP contribution in [0, 0.1) is 0 Å². The number of hydrogen-bond donors (Lipinski definition) is 1. The number of alkyl halides is 3. The van der Waals surface area contributed by atoms with Crippen LogP contribution in [0.4, 0.5) is 19.1 Å². The molecule has 7 rings (SSSR count). The van der Waals surface area contributed by atoms with E-state index in [9.17, 15) is 23.1 Å². The number of piperidine rings is 1. The van der Waals surface area contributed by atoms with Crippen molar-refractivity contribution in [3.63, 3.8) is 0 Å². The largest absolute Gasteiger partial charge is 0.477 e. The van der Waals surface area contributed by atoms with Crippen LogP contribution in [0.25, 0.3) is 11.3 Å². The minimum atomic E-state index is -4.52. The Morgan fingerprint density at radius 2 is 1.73 bits per heavy atom. The Labute approximate surface area is 228 Å². The average Bonchev–Trinajstić information content (AvgIpc) is 3.87. The molecule has 4 aliphatic rings. The van der Waals surface area contributed by atoms with Crippen molar-refractivity contribution >= 4 is 11.9 Å². The third-order valence-electron chi connectivity index (χ3n) is 8.59. The van der Waals surface area contributed by atoms with Gasteiger partial charge in [-0.05, 0) is 63.5 Å². The van der Waals surface area contributed by atoms with Crippen molar-refractivity contribution in [1.29, 1.82) is 0 Å². The maximum absolute atomic E-state index is 13.8. The van der Waals surface area contributed by atoms with Gasteiger partial charge in [0.1, 0.15) is 11.5 Å². The van der Waals surface area contributed by atoms with Gasteiger partial charge < -0.3 is 19.3 Å². The molecular formula is C29H29F3N4O4. The number of aromatic nitrogens is 3. The first kappa shape index (κ1) is 25.5. The van der Waals surface area contributed by atoms with Crippen LogP contribution in [0.1, 0.15) is 96.3 Å². The van der Waals surface area contributed by atoms with Crippen LogP contribution in [0.3, 0.4) is 0 Å². The van der Waals surface area contributed by atoms with E-state index in [1.54, 1.807) is 12.1 Å². The third-order valence-corrected chi connectivity index (χ3v) is 8.59. The number of carboxylic acid groups (broad SMARTS) is 1. The highest BCUT2D eigenvalue weighted by Crippen LogP contribution is 2.47. The number of fused-ring (bicyclic) bond motifs is 2. The molecule has 3 aromatic rings. The van der Waals surface area contributed by atoms with Gasteiger partial charge in [-0.15, -0.1) is 0 Å². The molecule has 2 aliphatic heterocycles. The normalized spacial score (nSPS) is 24.5. The average molecular weight is 555 g/mol. The monoisotopic (exact) mass is 554 g/mol. The molecule has 0 radical (unpaired) electrons. The highest BCUT2D eigenvalue weighted by molar-refractivity contribution is 5.85. The summed E-state index contributed by atoms with van der Waals surface area (Å²) >= 11 is 0. The van der Waals surface area contributed by atoms with Gasteiger partial charge in [-0.1, -0.05) is 23.4 Å². The molecule has 4 fully saturated rings. The fraction of sp³-hybridized carbons (Fsp3) is 0.517. The standard InChI is InChI=1S/C29H29F3N4O4/c30-29(31,32)22-4-2-1-3-20(22)25-21(26(40-35-25)16-7-8-16)14-39-19-11-17-9-10-18(12-19)36(17)28-33-23(15-5-6-15)13-24(34-28)27(37)38/h1-4,13,15-19H,5-12,14H2,(H,37,38)/t17-,18?,19?/m0/s1. The molecule has 40 heavy (non-hydrogen) atoms. The maximum Gasteiger partial charge on any atom is 0.417 e. The van der Waals surface area contributed by atoms with Gasteiger partial charge in [0.05, 0.1) is 18.3 Å².